The average Bonchev–Trinajstić information content (AvgIpc) is 2.85. The molecule has 0 spiro atoms. The number of nitrogens with one attached hydrogen (secondary N) is 1. The Morgan fingerprint density at radius 2 is 2.11 bits per heavy atom. The molecular formula is C13H17BrN2O2. The molecule has 1 N–H and O–H groups in total. The van der Waals surface area contributed by atoms with Gasteiger partial charge in [-0.3, -0.25) is 10.1 Å². The minimum Gasteiger partial charge on any atom is -0.381 e. The number of benzene rings is 1. The van der Waals surface area contributed by atoms with Crippen LogP contribution in [-0.2, 0) is 0 Å². The van der Waals surface area contributed by atoms with Crippen molar-refractivity contribution in [3.8, 4) is 0 Å². The second-order valence-electron chi connectivity index (χ2n) is 4.90. The SMILES string of the molecule is CC(Nc1cc([N+](=O)[O-])ccc1Br)C1CCCC1. The van der Waals surface area contributed by atoms with Crippen molar-refractivity contribution in [1.82, 2.24) is 0 Å². The van der Waals surface area contributed by atoms with Crippen molar-refractivity contribution < 1.29 is 4.92 Å². The Hall–Kier alpha value is -1.10. The molecule has 1 fully saturated rings. The van der Waals surface area contributed by atoms with E-state index < -0.39 is 0 Å². The summed E-state index contributed by atoms with van der Waals surface area (Å²) in [5.74, 6) is 0.677. The van der Waals surface area contributed by atoms with Crippen molar-refractivity contribution in [1.29, 1.82) is 0 Å². The van der Waals surface area contributed by atoms with E-state index in [-0.39, 0.29) is 10.6 Å². The molecule has 1 aliphatic carbocycles. The molecule has 0 aromatic heterocycles. The fourth-order valence-corrected chi connectivity index (χ4v) is 2.92. The summed E-state index contributed by atoms with van der Waals surface area (Å²) in [6, 6.07) is 5.18. The van der Waals surface area contributed by atoms with Gasteiger partial charge in [0.15, 0.2) is 0 Å². The van der Waals surface area contributed by atoms with Crippen LogP contribution in [-0.4, -0.2) is 11.0 Å². The molecule has 1 atom stereocenters. The summed E-state index contributed by atoms with van der Waals surface area (Å²) in [7, 11) is 0. The zero-order chi connectivity index (χ0) is 13.1. The molecule has 0 aliphatic heterocycles. The highest BCUT2D eigenvalue weighted by atomic mass is 79.9. The van der Waals surface area contributed by atoms with Crippen LogP contribution in [0.2, 0.25) is 0 Å². The highest BCUT2D eigenvalue weighted by Gasteiger charge is 2.22. The maximum atomic E-state index is 10.8. The predicted octanol–water partition coefficient (Wildman–Crippen LogP) is 4.35. The topological polar surface area (TPSA) is 55.2 Å². The van der Waals surface area contributed by atoms with E-state index in [1.54, 1.807) is 12.1 Å². The molecule has 0 bridgehead atoms. The first-order valence-corrected chi connectivity index (χ1v) is 7.07. The van der Waals surface area contributed by atoms with Gasteiger partial charge in [-0.15, -0.1) is 0 Å². The first-order valence-electron chi connectivity index (χ1n) is 6.28. The summed E-state index contributed by atoms with van der Waals surface area (Å²) >= 11 is 3.43. The number of rotatable bonds is 4. The number of anilines is 1. The van der Waals surface area contributed by atoms with Crippen molar-refractivity contribution >= 4 is 27.3 Å². The number of hydrogen-bond acceptors (Lipinski definition) is 3. The maximum absolute atomic E-state index is 10.8. The van der Waals surface area contributed by atoms with E-state index in [1.165, 1.54) is 31.7 Å². The smallest absolute Gasteiger partial charge is 0.271 e. The lowest BCUT2D eigenvalue weighted by Gasteiger charge is -2.22. The van der Waals surface area contributed by atoms with E-state index in [4.69, 9.17) is 0 Å². The zero-order valence-corrected chi connectivity index (χ0v) is 11.9. The lowest BCUT2D eigenvalue weighted by molar-refractivity contribution is -0.384. The molecule has 4 nitrogen and oxygen atoms in total. The quantitative estimate of drug-likeness (QED) is 0.664. The molecular weight excluding hydrogens is 296 g/mol. The van der Waals surface area contributed by atoms with E-state index in [9.17, 15) is 10.1 Å². The third kappa shape index (κ3) is 3.02. The average molecular weight is 313 g/mol. The van der Waals surface area contributed by atoms with Crippen molar-refractivity contribution in [3.63, 3.8) is 0 Å². The minimum atomic E-state index is -0.363. The lowest BCUT2D eigenvalue weighted by atomic mass is 9.99. The highest BCUT2D eigenvalue weighted by Crippen LogP contribution is 2.32. The molecule has 1 unspecified atom stereocenters. The second-order valence-corrected chi connectivity index (χ2v) is 5.75. The molecule has 1 aromatic rings. The molecule has 98 valence electrons. The normalized spacial score (nSPS) is 17.7. The third-order valence-corrected chi connectivity index (χ3v) is 4.34. The Balaban J connectivity index is 2.12. The standard InChI is InChI=1S/C13H17BrN2O2/c1-9(10-4-2-3-5-10)15-13-8-11(16(17)18)6-7-12(13)14/h6-10,15H,2-5H2,1H3. The van der Waals surface area contributed by atoms with E-state index in [0.29, 0.717) is 12.0 Å². The van der Waals surface area contributed by atoms with Gasteiger partial charge in [-0.1, -0.05) is 12.8 Å². The van der Waals surface area contributed by atoms with Crippen LogP contribution in [0.4, 0.5) is 11.4 Å². The Labute approximate surface area is 115 Å². The van der Waals surface area contributed by atoms with Gasteiger partial charge in [0.1, 0.15) is 0 Å². The summed E-state index contributed by atoms with van der Waals surface area (Å²) in [5.41, 5.74) is 0.933. The van der Waals surface area contributed by atoms with Gasteiger partial charge in [-0.2, -0.15) is 0 Å². The van der Waals surface area contributed by atoms with Crippen molar-refractivity contribution in [2.24, 2.45) is 5.92 Å². The van der Waals surface area contributed by atoms with E-state index >= 15 is 0 Å². The van der Waals surface area contributed by atoms with Gasteiger partial charge >= 0.3 is 0 Å². The van der Waals surface area contributed by atoms with Crippen LogP contribution >= 0.6 is 15.9 Å². The lowest BCUT2D eigenvalue weighted by Crippen LogP contribution is -2.23. The molecule has 18 heavy (non-hydrogen) atoms. The number of non-ortho nitro benzene ring substituents is 1. The van der Waals surface area contributed by atoms with Gasteiger partial charge in [0.25, 0.3) is 5.69 Å². The van der Waals surface area contributed by atoms with Crippen molar-refractivity contribution in [3.05, 3.63) is 32.8 Å². The summed E-state index contributed by atoms with van der Waals surface area (Å²) in [4.78, 5) is 10.4. The highest BCUT2D eigenvalue weighted by molar-refractivity contribution is 9.10. The molecule has 1 aromatic carbocycles. The zero-order valence-electron chi connectivity index (χ0n) is 10.4. The van der Waals surface area contributed by atoms with Crippen LogP contribution in [0.25, 0.3) is 0 Å². The van der Waals surface area contributed by atoms with Crippen LogP contribution < -0.4 is 5.32 Å². The van der Waals surface area contributed by atoms with Crippen LogP contribution in [0, 0.1) is 16.0 Å². The Bertz CT molecular complexity index is 445. The largest absolute Gasteiger partial charge is 0.381 e. The molecule has 0 heterocycles. The number of nitro benzene ring substituents is 1. The van der Waals surface area contributed by atoms with E-state index in [0.717, 1.165) is 10.2 Å². The Kier molecular flexibility index (Phi) is 4.22. The summed E-state index contributed by atoms with van der Waals surface area (Å²) in [6.45, 7) is 2.15. The van der Waals surface area contributed by atoms with Crippen LogP contribution in [0.5, 0.6) is 0 Å². The predicted molar refractivity (Wildman–Crippen MR) is 75.8 cm³/mol. The van der Waals surface area contributed by atoms with Gasteiger partial charge in [0.05, 0.1) is 10.6 Å². The van der Waals surface area contributed by atoms with E-state index in [1.807, 2.05) is 0 Å². The second kappa shape index (κ2) is 5.69. The van der Waals surface area contributed by atoms with Gasteiger partial charge in [-0.25, -0.2) is 0 Å². The maximum Gasteiger partial charge on any atom is 0.271 e. The number of hydrogen-bond donors (Lipinski definition) is 1. The Morgan fingerprint density at radius 1 is 1.44 bits per heavy atom. The van der Waals surface area contributed by atoms with Gasteiger partial charge < -0.3 is 5.32 Å². The summed E-state index contributed by atoms with van der Waals surface area (Å²) in [6.07, 6.45) is 5.10. The van der Waals surface area contributed by atoms with E-state index in [2.05, 4.69) is 28.2 Å². The first-order chi connectivity index (χ1) is 8.58. The molecule has 2 rings (SSSR count). The third-order valence-electron chi connectivity index (χ3n) is 3.65. The number of nitro groups is 1. The number of halogens is 1. The Morgan fingerprint density at radius 3 is 2.72 bits per heavy atom. The monoisotopic (exact) mass is 312 g/mol. The minimum absolute atomic E-state index is 0.124. The van der Waals surface area contributed by atoms with Crippen LogP contribution in [0.3, 0.4) is 0 Å². The fourth-order valence-electron chi connectivity index (χ4n) is 2.56. The van der Waals surface area contributed by atoms with Crippen molar-refractivity contribution in [2.75, 3.05) is 5.32 Å². The summed E-state index contributed by atoms with van der Waals surface area (Å²) < 4.78 is 0.873. The van der Waals surface area contributed by atoms with Crippen molar-refractivity contribution in [2.45, 2.75) is 38.6 Å². The molecule has 5 heteroatoms. The first kappa shape index (κ1) is 13.3. The van der Waals surface area contributed by atoms with Crippen LogP contribution in [0.15, 0.2) is 22.7 Å². The molecule has 1 aliphatic rings. The molecule has 1 saturated carbocycles. The number of nitrogens with zero attached hydrogens (tertiary/aromatic N) is 1. The van der Waals surface area contributed by atoms with Gasteiger partial charge in [-0.05, 0) is 47.7 Å². The molecule has 0 amide bonds. The fraction of sp³-hybridized carbons (Fsp3) is 0.538. The van der Waals surface area contributed by atoms with Gasteiger partial charge in [0.2, 0.25) is 0 Å². The van der Waals surface area contributed by atoms with Crippen LogP contribution in [0.1, 0.15) is 32.6 Å². The molecule has 0 radical (unpaired) electrons. The van der Waals surface area contributed by atoms with Gasteiger partial charge in [0, 0.05) is 22.6 Å². The summed E-state index contributed by atoms with van der Waals surface area (Å²) in [5, 5.41) is 14.2. The molecule has 0 saturated heterocycles.